The molecule has 0 aliphatic heterocycles. The van der Waals surface area contributed by atoms with Gasteiger partial charge >= 0.3 is 18.0 Å². The summed E-state index contributed by atoms with van der Waals surface area (Å²) >= 11 is 0. The topological polar surface area (TPSA) is 126 Å². The Hall–Kier alpha value is -3.10. The fourth-order valence-corrected chi connectivity index (χ4v) is 2.24. The molecule has 0 saturated carbocycles. The Balaban J connectivity index is 2.44. The van der Waals surface area contributed by atoms with Crippen molar-refractivity contribution in [3.05, 3.63) is 30.3 Å². The molecule has 9 nitrogen and oxygen atoms in total. The second kappa shape index (κ2) is 12.4. The second-order valence-electron chi connectivity index (χ2n) is 7.28. The Morgan fingerprint density at radius 1 is 0.966 bits per heavy atom. The predicted octanol–water partition coefficient (Wildman–Crippen LogP) is 2.25. The first kappa shape index (κ1) is 23.9. The second-order valence-corrected chi connectivity index (χ2v) is 7.28. The Kier molecular flexibility index (Phi) is 10.2. The Bertz CT molecular complexity index is 691. The number of amides is 5. The first-order chi connectivity index (χ1) is 13.7. The van der Waals surface area contributed by atoms with E-state index in [0.717, 1.165) is 6.42 Å². The molecule has 0 aliphatic rings. The largest absolute Gasteiger partial charge is 0.454 e. The molecule has 1 atom stereocenters. The van der Waals surface area contributed by atoms with Gasteiger partial charge in [0.05, 0.1) is 0 Å². The van der Waals surface area contributed by atoms with Gasteiger partial charge in [0.1, 0.15) is 6.04 Å². The van der Waals surface area contributed by atoms with Crippen molar-refractivity contribution in [2.75, 3.05) is 18.5 Å². The molecule has 160 valence electrons. The summed E-state index contributed by atoms with van der Waals surface area (Å²) in [6.45, 7) is 7.31. The monoisotopic (exact) mass is 406 g/mol. The summed E-state index contributed by atoms with van der Waals surface area (Å²) in [7, 11) is 0. The van der Waals surface area contributed by atoms with Crippen molar-refractivity contribution in [1.82, 2.24) is 16.0 Å². The quantitative estimate of drug-likeness (QED) is 0.468. The van der Waals surface area contributed by atoms with Gasteiger partial charge in [-0.3, -0.25) is 10.1 Å². The average molecular weight is 406 g/mol. The summed E-state index contributed by atoms with van der Waals surface area (Å²) in [5.41, 5.74) is 0.573. The van der Waals surface area contributed by atoms with Crippen LogP contribution >= 0.6 is 0 Å². The van der Waals surface area contributed by atoms with Gasteiger partial charge in [-0.2, -0.15) is 0 Å². The molecule has 0 spiro atoms. The molecule has 9 heteroatoms. The molecule has 4 N–H and O–H groups in total. The number of benzene rings is 1. The maximum Gasteiger partial charge on any atom is 0.329 e. The Morgan fingerprint density at radius 2 is 1.62 bits per heavy atom. The van der Waals surface area contributed by atoms with Crippen LogP contribution in [0, 0.1) is 11.8 Å². The number of anilines is 1. The first-order valence-corrected chi connectivity index (χ1v) is 9.56. The predicted molar refractivity (Wildman–Crippen MR) is 109 cm³/mol. The first-order valence-electron chi connectivity index (χ1n) is 9.56. The number of rotatable bonds is 9. The van der Waals surface area contributed by atoms with Gasteiger partial charge in [-0.15, -0.1) is 0 Å². The van der Waals surface area contributed by atoms with Gasteiger partial charge in [0.25, 0.3) is 5.91 Å². The molecule has 1 aromatic rings. The van der Waals surface area contributed by atoms with Crippen molar-refractivity contribution >= 4 is 29.6 Å². The van der Waals surface area contributed by atoms with E-state index in [-0.39, 0.29) is 5.92 Å². The normalized spacial score (nSPS) is 11.5. The van der Waals surface area contributed by atoms with Crippen LogP contribution in [0.1, 0.15) is 34.1 Å². The number of nitrogens with one attached hydrogen (secondary N) is 4. The maximum absolute atomic E-state index is 12.3. The summed E-state index contributed by atoms with van der Waals surface area (Å²) in [5, 5.41) is 9.77. The van der Waals surface area contributed by atoms with E-state index in [4.69, 9.17) is 4.74 Å². The van der Waals surface area contributed by atoms with E-state index in [0.29, 0.717) is 18.2 Å². The molecule has 0 saturated heterocycles. The Morgan fingerprint density at radius 3 is 2.21 bits per heavy atom. The molecule has 0 heterocycles. The molecule has 1 aromatic carbocycles. The number of urea groups is 2. The molecule has 0 unspecified atom stereocenters. The lowest BCUT2D eigenvalue weighted by Crippen LogP contribution is -2.48. The van der Waals surface area contributed by atoms with E-state index in [1.54, 1.807) is 38.1 Å². The number of para-hydroxylation sites is 1. The van der Waals surface area contributed by atoms with E-state index < -0.39 is 36.6 Å². The van der Waals surface area contributed by atoms with Crippen LogP contribution in [0.4, 0.5) is 15.3 Å². The summed E-state index contributed by atoms with van der Waals surface area (Å²) in [4.78, 5) is 47.7. The van der Waals surface area contributed by atoms with E-state index in [1.165, 1.54) is 0 Å². The fraction of sp³-hybridized carbons (Fsp3) is 0.500. The Labute approximate surface area is 170 Å². The number of carbonyl (C=O) groups is 4. The van der Waals surface area contributed by atoms with Crippen LogP contribution in [-0.2, 0) is 14.3 Å². The highest BCUT2D eigenvalue weighted by Gasteiger charge is 2.26. The summed E-state index contributed by atoms with van der Waals surface area (Å²) in [6.07, 6.45) is 0.781. The lowest BCUT2D eigenvalue weighted by atomic mass is 10.1. The highest BCUT2D eigenvalue weighted by molar-refractivity contribution is 5.96. The number of esters is 1. The van der Waals surface area contributed by atoms with Gasteiger partial charge in [0, 0.05) is 12.2 Å². The van der Waals surface area contributed by atoms with Gasteiger partial charge in [-0.25, -0.2) is 14.4 Å². The lowest BCUT2D eigenvalue weighted by Gasteiger charge is -2.21. The third kappa shape index (κ3) is 10.1. The molecular weight excluding hydrogens is 376 g/mol. The van der Waals surface area contributed by atoms with Gasteiger partial charge in [-0.05, 0) is 30.4 Å². The summed E-state index contributed by atoms with van der Waals surface area (Å²) in [6, 6.07) is 6.59. The minimum absolute atomic E-state index is 0.272. The third-order valence-electron chi connectivity index (χ3n) is 3.84. The molecule has 0 radical (unpaired) electrons. The smallest absolute Gasteiger partial charge is 0.329 e. The lowest BCUT2D eigenvalue weighted by molar-refractivity contribution is -0.151. The zero-order valence-electron chi connectivity index (χ0n) is 17.3. The minimum Gasteiger partial charge on any atom is -0.454 e. The number of imide groups is 1. The molecule has 1 rings (SSSR count). The molecule has 0 bridgehead atoms. The van der Waals surface area contributed by atoms with Crippen LogP contribution in [0.3, 0.4) is 0 Å². The average Bonchev–Trinajstić information content (AvgIpc) is 2.64. The number of ether oxygens (including phenoxy) is 1. The van der Waals surface area contributed by atoms with E-state index >= 15 is 0 Å². The summed E-state index contributed by atoms with van der Waals surface area (Å²) < 4.78 is 4.95. The zero-order valence-corrected chi connectivity index (χ0v) is 17.3. The molecule has 0 fully saturated rings. The van der Waals surface area contributed by atoms with Crippen LogP contribution < -0.4 is 21.3 Å². The van der Waals surface area contributed by atoms with Crippen LogP contribution in [-0.4, -0.2) is 43.1 Å². The van der Waals surface area contributed by atoms with E-state index in [2.05, 4.69) is 21.3 Å². The molecular formula is C20H30N4O5. The van der Waals surface area contributed by atoms with Gasteiger partial charge in [-0.1, -0.05) is 45.9 Å². The van der Waals surface area contributed by atoms with E-state index in [9.17, 15) is 19.2 Å². The van der Waals surface area contributed by atoms with Crippen molar-refractivity contribution in [1.29, 1.82) is 0 Å². The van der Waals surface area contributed by atoms with Crippen LogP contribution in [0.5, 0.6) is 0 Å². The SMILES string of the molecule is CC(C)CCNC(=O)NC(=O)COC(=O)[C@@H](NC(=O)Nc1ccccc1)C(C)C. The van der Waals surface area contributed by atoms with Crippen molar-refractivity contribution in [2.45, 2.75) is 40.2 Å². The fourth-order valence-electron chi connectivity index (χ4n) is 2.24. The van der Waals surface area contributed by atoms with Crippen molar-refractivity contribution in [3.8, 4) is 0 Å². The van der Waals surface area contributed by atoms with Crippen LogP contribution in [0.25, 0.3) is 0 Å². The van der Waals surface area contributed by atoms with Crippen molar-refractivity contribution < 1.29 is 23.9 Å². The maximum atomic E-state index is 12.3. The standard InChI is InChI=1S/C20H30N4O5/c1-13(2)10-11-21-19(27)23-16(25)12-29-18(26)17(14(3)4)24-20(28)22-15-8-6-5-7-9-15/h5-9,13-14,17H,10-12H2,1-4H3,(H2,22,24,28)(H2,21,23,25,27)/t17-/m0/s1. The van der Waals surface area contributed by atoms with E-state index in [1.807, 2.05) is 19.9 Å². The number of carbonyl (C=O) groups excluding carboxylic acids is 4. The minimum atomic E-state index is -0.952. The molecule has 0 aromatic heterocycles. The summed E-state index contributed by atoms with van der Waals surface area (Å²) in [5.74, 6) is -1.37. The number of hydrogen-bond acceptors (Lipinski definition) is 5. The molecule has 0 aliphatic carbocycles. The van der Waals surface area contributed by atoms with Crippen LogP contribution in [0.2, 0.25) is 0 Å². The third-order valence-corrected chi connectivity index (χ3v) is 3.84. The molecule has 29 heavy (non-hydrogen) atoms. The van der Waals surface area contributed by atoms with Crippen molar-refractivity contribution in [3.63, 3.8) is 0 Å². The highest BCUT2D eigenvalue weighted by Crippen LogP contribution is 2.07. The number of hydrogen-bond donors (Lipinski definition) is 4. The van der Waals surface area contributed by atoms with Crippen LogP contribution in [0.15, 0.2) is 30.3 Å². The van der Waals surface area contributed by atoms with Crippen molar-refractivity contribution in [2.24, 2.45) is 11.8 Å². The van der Waals surface area contributed by atoms with Gasteiger partial charge in [0.15, 0.2) is 6.61 Å². The molecule has 5 amide bonds. The zero-order chi connectivity index (χ0) is 21.8. The van der Waals surface area contributed by atoms with Gasteiger partial charge < -0.3 is 20.7 Å². The highest BCUT2D eigenvalue weighted by atomic mass is 16.5. The van der Waals surface area contributed by atoms with Gasteiger partial charge in [0.2, 0.25) is 0 Å².